The molecule has 2 aliphatic heterocycles. The minimum atomic E-state index is 0.271. The number of rotatable bonds is 3. The standard InChI is InChI=1S/C24H26N6OS/c1-15-13-31-12-11-30(15)24-21-20(19(14-32-21)16-5-9-29(2)10-6-16)27-23(28-24)18-4-8-26-22-17(18)3-7-25-22/h3-5,7-8,14-15H,6,9-13H2,1-2H3,(H,25,26)/t15-/m1/s1. The van der Waals surface area contributed by atoms with Gasteiger partial charge < -0.3 is 19.5 Å². The number of hydrogen-bond donors (Lipinski definition) is 1. The third kappa shape index (κ3) is 3.30. The molecule has 0 spiro atoms. The maximum absolute atomic E-state index is 5.71. The quantitative estimate of drug-likeness (QED) is 0.509. The third-order valence-corrected chi connectivity index (χ3v) is 7.46. The van der Waals surface area contributed by atoms with Crippen molar-refractivity contribution in [1.82, 2.24) is 24.8 Å². The normalized spacial score (nSPS) is 20.2. The van der Waals surface area contributed by atoms with Crippen LogP contribution in [0.5, 0.6) is 0 Å². The van der Waals surface area contributed by atoms with Crippen LogP contribution in [0.3, 0.4) is 0 Å². The van der Waals surface area contributed by atoms with Crippen molar-refractivity contribution in [1.29, 1.82) is 0 Å². The first-order valence-electron chi connectivity index (χ1n) is 11.1. The highest BCUT2D eigenvalue weighted by Gasteiger charge is 2.26. The number of aromatic amines is 1. The SMILES string of the molecule is C[C@@H]1COCCN1c1nc(-c2ccnc3[nH]ccc23)nc2c(C3=CCN(C)CC3)csc12. The van der Waals surface area contributed by atoms with E-state index in [4.69, 9.17) is 14.7 Å². The van der Waals surface area contributed by atoms with Crippen LogP contribution in [-0.2, 0) is 4.74 Å². The van der Waals surface area contributed by atoms with E-state index in [2.05, 4.69) is 51.3 Å². The number of nitrogens with zero attached hydrogens (tertiary/aromatic N) is 5. The van der Waals surface area contributed by atoms with Gasteiger partial charge in [0.15, 0.2) is 11.6 Å². The first-order chi connectivity index (χ1) is 15.7. The molecule has 164 valence electrons. The van der Waals surface area contributed by atoms with Crippen LogP contribution in [0.4, 0.5) is 5.82 Å². The second-order valence-electron chi connectivity index (χ2n) is 8.66. The van der Waals surface area contributed by atoms with Gasteiger partial charge in [-0.25, -0.2) is 15.0 Å². The van der Waals surface area contributed by atoms with Crippen LogP contribution in [0, 0.1) is 0 Å². The van der Waals surface area contributed by atoms with E-state index in [1.54, 1.807) is 11.3 Å². The summed E-state index contributed by atoms with van der Waals surface area (Å²) in [7, 11) is 2.17. The number of fused-ring (bicyclic) bond motifs is 2. The molecule has 1 saturated heterocycles. The lowest BCUT2D eigenvalue weighted by Gasteiger charge is -2.34. The molecule has 1 atom stereocenters. The number of pyridine rings is 1. The monoisotopic (exact) mass is 446 g/mol. The summed E-state index contributed by atoms with van der Waals surface area (Å²) in [4.78, 5) is 22.7. The molecule has 0 aromatic carbocycles. The second kappa shape index (κ2) is 7.95. The number of aromatic nitrogens is 4. The molecular weight excluding hydrogens is 420 g/mol. The molecule has 6 heterocycles. The summed E-state index contributed by atoms with van der Waals surface area (Å²) in [6, 6.07) is 4.34. The van der Waals surface area contributed by atoms with E-state index in [1.807, 2.05) is 18.5 Å². The topological polar surface area (TPSA) is 70.2 Å². The van der Waals surface area contributed by atoms with Gasteiger partial charge in [-0.1, -0.05) is 6.08 Å². The lowest BCUT2D eigenvalue weighted by atomic mass is 10.0. The molecule has 1 fully saturated rings. The van der Waals surface area contributed by atoms with E-state index in [0.29, 0.717) is 6.61 Å². The molecule has 4 aromatic rings. The number of hydrogen-bond acceptors (Lipinski definition) is 7. The third-order valence-electron chi connectivity index (χ3n) is 6.50. The van der Waals surface area contributed by atoms with Gasteiger partial charge in [-0.3, -0.25) is 0 Å². The summed E-state index contributed by atoms with van der Waals surface area (Å²) in [6.45, 7) is 6.53. The molecule has 2 aliphatic rings. The van der Waals surface area contributed by atoms with Gasteiger partial charge in [-0.2, -0.15) is 0 Å². The zero-order valence-corrected chi connectivity index (χ0v) is 19.2. The highest BCUT2D eigenvalue weighted by atomic mass is 32.1. The van der Waals surface area contributed by atoms with Crippen LogP contribution >= 0.6 is 11.3 Å². The zero-order valence-electron chi connectivity index (χ0n) is 18.3. The van der Waals surface area contributed by atoms with Crippen LogP contribution in [-0.4, -0.2) is 70.8 Å². The maximum atomic E-state index is 5.71. The van der Waals surface area contributed by atoms with Crippen LogP contribution in [0.2, 0.25) is 0 Å². The van der Waals surface area contributed by atoms with Crippen molar-refractivity contribution in [2.24, 2.45) is 0 Å². The maximum Gasteiger partial charge on any atom is 0.163 e. The molecule has 7 nitrogen and oxygen atoms in total. The van der Waals surface area contributed by atoms with Gasteiger partial charge in [-0.05, 0) is 38.1 Å². The van der Waals surface area contributed by atoms with E-state index in [1.165, 1.54) is 11.1 Å². The number of ether oxygens (including phenoxy) is 1. The Hall–Kier alpha value is -2.81. The molecule has 6 rings (SSSR count). The van der Waals surface area contributed by atoms with Gasteiger partial charge in [0.2, 0.25) is 0 Å². The summed E-state index contributed by atoms with van der Waals surface area (Å²) in [6.07, 6.45) is 7.14. The Labute approximate surface area is 190 Å². The number of H-pyrrole nitrogens is 1. The summed E-state index contributed by atoms with van der Waals surface area (Å²) < 4.78 is 6.87. The van der Waals surface area contributed by atoms with Gasteiger partial charge >= 0.3 is 0 Å². The molecule has 4 aromatic heterocycles. The number of likely N-dealkylation sites (N-methyl/N-ethyl adjacent to an activating group) is 1. The lowest BCUT2D eigenvalue weighted by molar-refractivity contribution is 0.0987. The smallest absolute Gasteiger partial charge is 0.163 e. The molecular formula is C24H26N6OS. The van der Waals surface area contributed by atoms with E-state index >= 15 is 0 Å². The van der Waals surface area contributed by atoms with Crippen molar-refractivity contribution in [2.45, 2.75) is 19.4 Å². The van der Waals surface area contributed by atoms with Crippen LogP contribution in [0.25, 0.3) is 38.2 Å². The Morgan fingerprint density at radius 2 is 2.12 bits per heavy atom. The Kier molecular flexibility index (Phi) is 4.93. The summed E-state index contributed by atoms with van der Waals surface area (Å²) >= 11 is 1.76. The van der Waals surface area contributed by atoms with Gasteiger partial charge in [0.25, 0.3) is 0 Å². The van der Waals surface area contributed by atoms with E-state index in [-0.39, 0.29) is 6.04 Å². The number of anilines is 1. The van der Waals surface area contributed by atoms with Crippen molar-refractivity contribution in [3.63, 3.8) is 0 Å². The van der Waals surface area contributed by atoms with E-state index < -0.39 is 0 Å². The Morgan fingerprint density at radius 3 is 2.97 bits per heavy atom. The van der Waals surface area contributed by atoms with Crippen molar-refractivity contribution in [2.75, 3.05) is 44.8 Å². The molecule has 0 unspecified atom stereocenters. The first kappa shape index (κ1) is 19.8. The second-order valence-corrected chi connectivity index (χ2v) is 9.53. The highest BCUT2D eigenvalue weighted by Crippen LogP contribution is 2.39. The lowest BCUT2D eigenvalue weighted by Crippen LogP contribution is -2.44. The number of morpholine rings is 1. The number of nitrogens with one attached hydrogen (secondary N) is 1. The minimum absolute atomic E-state index is 0.271. The fourth-order valence-corrected chi connectivity index (χ4v) is 5.69. The van der Waals surface area contributed by atoms with Gasteiger partial charge in [-0.15, -0.1) is 11.3 Å². The first-order valence-corrected chi connectivity index (χ1v) is 12.0. The molecule has 0 amide bonds. The molecule has 32 heavy (non-hydrogen) atoms. The predicted molar refractivity (Wildman–Crippen MR) is 130 cm³/mol. The summed E-state index contributed by atoms with van der Waals surface area (Å²) in [5, 5.41) is 3.32. The Bertz CT molecular complexity index is 1320. The van der Waals surface area contributed by atoms with E-state index in [9.17, 15) is 0 Å². The fourth-order valence-electron chi connectivity index (χ4n) is 4.66. The molecule has 0 radical (unpaired) electrons. The van der Waals surface area contributed by atoms with Crippen LogP contribution < -0.4 is 4.90 Å². The Morgan fingerprint density at radius 1 is 1.19 bits per heavy atom. The molecule has 0 aliphatic carbocycles. The Balaban J connectivity index is 1.58. The average molecular weight is 447 g/mol. The highest BCUT2D eigenvalue weighted by molar-refractivity contribution is 7.18. The van der Waals surface area contributed by atoms with Crippen LogP contribution in [0.1, 0.15) is 18.9 Å². The summed E-state index contributed by atoms with van der Waals surface area (Å²) in [5.41, 5.74) is 5.57. The molecule has 0 bridgehead atoms. The van der Waals surface area contributed by atoms with Crippen LogP contribution in [0.15, 0.2) is 36.0 Å². The summed E-state index contributed by atoms with van der Waals surface area (Å²) in [5.74, 6) is 1.78. The van der Waals surface area contributed by atoms with Gasteiger partial charge in [0, 0.05) is 53.9 Å². The van der Waals surface area contributed by atoms with Gasteiger partial charge in [0.05, 0.1) is 29.5 Å². The van der Waals surface area contributed by atoms with Crippen molar-refractivity contribution < 1.29 is 4.74 Å². The van der Waals surface area contributed by atoms with Crippen molar-refractivity contribution in [3.05, 3.63) is 41.5 Å². The average Bonchev–Trinajstić information content (AvgIpc) is 3.46. The molecule has 8 heteroatoms. The largest absolute Gasteiger partial charge is 0.377 e. The molecule has 1 N–H and O–H groups in total. The van der Waals surface area contributed by atoms with Crippen molar-refractivity contribution >= 4 is 44.0 Å². The van der Waals surface area contributed by atoms with E-state index in [0.717, 1.165) is 71.1 Å². The minimum Gasteiger partial charge on any atom is -0.377 e. The number of thiophene rings is 1. The predicted octanol–water partition coefficient (Wildman–Crippen LogP) is 4.18. The fraction of sp³-hybridized carbons (Fsp3) is 0.375. The zero-order chi connectivity index (χ0) is 21.7. The van der Waals surface area contributed by atoms with Gasteiger partial charge in [0.1, 0.15) is 5.65 Å². The molecule has 0 saturated carbocycles. The van der Waals surface area contributed by atoms with Crippen molar-refractivity contribution in [3.8, 4) is 11.4 Å².